The topological polar surface area (TPSA) is 66.8 Å². The number of ether oxygens (including phenoxy) is 1. The molecule has 0 radical (unpaired) electrons. The Morgan fingerprint density at radius 1 is 1.58 bits per heavy atom. The van der Waals surface area contributed by atoms with Gasteiger partial charge in [0.1, 0.15) is 6.10 Å². The molecule has 0 aromatic heterocycles. The van der Waals surface area contributed by atoms with Crippen LogP contribution < -0.4 is 0 Å². The summed E-state index contributed by atoms with van der Waals surface area (Å²) in [5, 5.41) is 17.8. The molecule has 4 heteroatoms. The summed E-state index contributed by atoms with van der Waals surface area (Å²) in [5.41, 5.74) is 1.22. The maximum atomic E-state index is 10.9. The molecule has 1 heterocycles. The number of cyclic esters (lactones) is 1. The lowest BCUT2D eigenvalue weighted by Crippen LogP contribution is -2.30. The number of rotatable bonds is 2. The Balaban J connectivity index is 2.80. The standard InChI is InChI=1S/C8H12O4/c1-4-5(2)8(11)12-7(4)6(10)3-9/h6-7,9-10H,3H2,1-2H3. The van der Waals surface area contributed by atoms with Crippen molar-refractivity contribution in [3.63, 3.8) is 0 Å². The Morgan fingerprint density at radius 3 is 2.50 bits per heavy atom. The van der Waals surface area contributed by atoms with E-state index in [-0.39, 0.29) is 0 Å². The van der Waals surface area contributed by atoms with E-state index in [2.05, 4.69) is 0 Å². The quantitative estimate of drug-likeness (QED) is 0.556. The molecule has 12 heavy (non-hydrogen) atoms. The van der Waals surface area contributed by atoms with E-state index in [1.165, 1.54) is 0 Å². The largest absolute Gasteiger partial charge is 0.452 e. The SMILES string of the molecule is CC1=C(C)C(C(O)CO)OC1=O. The van der Waals surface area contributed by atoms with Crippen LogP contribution in [-0.4, -0.2) is 35.0 Å². The second-order valence-corrected chi connectivity index (χ2v) is 2.88. The third-order valence-electron chi connectivity index (χ3n) is 2.10. The van der Waals surface area contributed by atoms with E-state index in [0.29, 0.717) is 11.1 Å². The van der Waals surface area contributed by atoms with E-state index >= 15 is 0 Å². The van der Waals surface area contributed by atoms with Crippen LogP contribution in [0.3, 0.4) is 0 Å². The zero-order valence-corrected chi connectivity index (χ0v) is 7.07. The highest BCUT2D eigenvalue weighted by Gasteiger charge is 2.33. The first kappa shape index (κ1) is 9.22. The van der Waals surface area contributed by atoms with Crippen LogP contribution in [0, 0.1) is 0 Å². The summed E-state index contributed by atoms with van der Waals surface area (Å²) in [7, 11) is 0. The summed E-state index contributed by atoms with van der Waals surface area (Å²) < 4.78 is 4.82. The number of aliphatic hydroxyl groups is 2. The average molecular weight is 172 g/mol. The lowest BCUT2D eigenvalue weighted by Gasteiger charge is -2.15. The first-order valence-corrected chi connectivity index (χ1v) is 3.75. The highest BCUT2D eigenvalue weighted by atomic mass is 16.6. The minimum Gasteiger partial charge on any atom is -0.452 e. The summed E-state index contributed by atoms with van der Waals surface area (Å²) in [6.45, 7) is 2.95. The molecular weight excluding hydrogens is 160 g/mol. The van der Waals surface area contributed by atoms with Crippen molar-refractivity contribution in [1.82, 2.24) is 0 Å². The molecular formula is C8H12O4. The fraction of sp³-hybridized carbons (Fsp3) is 0.625. The summed E-state index contributed by atoms with van der Waals surface area (Å²) in [6.07, 6.45) is -1.67. The van der Waals surface area contributed by atoms with Gasteiger partial charge in [0.2, 0.25) is 0 Å². The molecule has 0 amide bonds. The summed E-state index contributed by atoms with van der Waals surface area (Å²) in [4.78, 5) is 10.9. The van der Waals surface area contributed by atoms with Crippen LogP contribution >= 0.6 is 0 Å². The fourth-order valence-corrected chi connectivity index (χ4v) is 1.13. The highest BCUT2D eigenvalue weighted by molar-refractivity contribution is 5.91. The Morgan fingerprint density at radius 2 is 2.17 bits per heavy atom. The molecule has 0 aromatic rings. The molecule has 4 nitrogen and oxygen atoms in total. The van der Waals surface area contributed by atoms with Gasteiger partial charge in [0.25, 0.3) is 0 Å². The van der Waals surface area contributed by atoms with E-state index in [4.69, 9.17) is 9.84 Å². The fourth-order valence-electron chi connectivity index (χ4n) is 1.13. The van der Waals surface area contributed by atoms with Crippen molar-refractivity contribution in [3.8, 4) is 0 Å². The van der Waals surface area contributed by atoms with Gasteiger partial charge in [0.05, 0.1) is 6.61 Å². The monoisotopic (exact) mass is 172 g/mol. The van der Waals surface area contributed by atoms with Gasteiger partial charge in [-0.1, -0.05) is 0 Å². The Hall–Kier alpha value is -0.870. The van der Waals surface area contributed by atoms with Gasteiger partial charge in [0.15, 0.2) is 6.10 Å². The van der Waals surface area contributed by atoms with E-state index in [1.807, 2.05) is 0 Å². The smallest absolute Gasteiger partial charge is 0.334 e. The minimum absolute atomic E-state index is 0.400. The zero-order valence-electron chi connectivity index (χ0n) is 7.07. The maximum absolute atomic E-state index is 10.9. The summed E-state index contributed by atoms with van der Waals surface area (Å²) in [5.74, 6) is -0.412. The molecule has 0 bridgehead atoms. The first-order valence-electron chi connectivity index (χ1n) is 3.75. The van der Waals surface area contributed by atoms with Crippen molar-refractivity contribution in [3.05, 3.63) is 11.1 Å². The minimum atomic E-state index is -1.01. The predicted octanol–water partition coefficient (Wildman–Crippen LogP) is -0.399. The number of carbonyl (C=O) groups excluding carboxylic acids is 1. The molecule has 2 unspecified atom stereocenters. The lowest BCUT2D eigenvalue weighted by molar-refractivity contribution is -0.144. The van der Waals surface area contributed by atoms with Crippen molar-refractivity contribution in [2.45, 2.75) is 26.1 Å². The van der Waals surface area contributed by atoms with Crippen LogP contribution in [-0.2, 0) is 9.53 Å². The third kappa shape index (κ3) is 1.35. The zero-order chi connectivity index (χ0) is 9.30. The van der Waals surface area contributed by atoms with Gasteiger partial charge >= 0.3 is 5.97 Å². The molecule has 0 spiro atoms. The number of hydrogen-bond acceptors (Lipinski definition) is 4. The van der Waals surface area contributed by atoms with Gasteiger partial charge < -0.3 is 14.9 Å². The van der Waals surface area contributed by atoms with Crippen LogP contribution in [0.5, 0.6) is 0 Å². The summed E-state index contributed by atoms with van der Waals surface area (Å²) >= 11 is 0. The van der Waals surface area contributed by atoms with Crippen LogP contribution in [0.2, 0.25) is 0 Å². The van der Waals surface area contributed by atoms with Crippen LogP contribution in [0.15, 0.2) is 11.1 Å². The number of hydrogen-bond donors (Lipinski definition) is 2. The molecule has 0 saturated heterocycles. The Bertz CT molecular complexity index is 231. The summed E-state index contributed by atoms with van der Waals surface area (Å²) in [6, 6.07) is 0. The van der Waals surface area contributed by atoms with E-state index in [9.17, 15) is 9.90 Å². The molecule has 0 aliphatic carbocycles. The number of aliphatic hydroxyl groups excluding tert-OH is 2. The van der Waals surface area contributed by atoms with Gasteiger partial charge in [-0.2, -0.15) is 0 Å². The second kappa shape index (κ2) is 3.25. The van der Waals surface area contributed by atoms with Gasteiger partial charge in [-0.3, -0.25) is 0 Å². The van der Waals surface area contributed by atoms with E-state index < -0.39 is 24.8 Å². The molecule has 1 rings (SSSR count). The van der Waals surface area contributed by atoms with E-state index in [1.54, 1.807) is 13.8 Å². The van der Waals surface area contributed by atoms with Crippen LogP contribution in [0.4, 0.5) is 0 Å². The Kier molecular flexibility index (Phi) is 2.49. The third-order valence-corrected chi connectivity index (χ3v) is 2.10. The van der Waals surface area contributed by atoms with Crippen molar-refractivity contribution in [2.24, 2.45) is 0 Å². The molecule has 2 atom stereocenters. The maximum Gasteiger partial charge on any atom is 0.334 e. The first-order chi connectivity index (χ1) is 5.57. The normalized spacial score (nSPS) is 26.0. The molecule has 2 N–H and O–H groups in total. The molecule has 1 aliphatic rings. The van der Waals surface area contributed by atoms with Crippen molar-refractivity contribution in [1.29, 1.82) is 0 Å². The van der Waals surface area contributed by atoms with Crippen molar-refractivity contribution in [2.75, 3.05) is 6.61 Å². The molecule has 0 aromatic carbocycles. The van der Waals surface area contributed by atoms with Crippen molar-refractivity contribution >= 4 is 5.97 Å². The number of carbonyl (C=O) groups is 1. The molecule has 0 fully saturated rings. The highest BCUT2D eigenvalue weighted by Crippen LogP contribution is 2.23. The lowest BCUT2D eigenvalue weighted by atomic mass is 10.0. The van der Waals surface area contributed by atoms with E-state index in [0.717, 1.165) is 0 Å². The van der Waals surface area contributed by atoms with Crippen LogP contribution in [0.25, 0.3) is 0 Å². The average Bonchev–Trinajstić information content (AvgIpc) is 2.32. The van der Waals surface area contributed by atoms with Gasteiger partial charge in [-0.15, -0.1) is 0 Å². The molecule has 68 valence electrons. The van der Waals surface area contributed by atoms with Crippen molar-refractivity contribution < 1.29 is 19.7 Å². The predicted molar refractivity (Wildman–Crippen MR) is 41.3 cm³/mol. The molecule has 1 aliphatic heterocycles. The van der Waals surface area contributed by atoms with Gasteiger partial charge in [-0.05, 0) is 19.4 Å². The Labute approximate surface area is 70.5 Å². The number of esters is 1. The van der Waals surface area contributed by atoms with Crippen LogP contribution in [0.1, 0.15) is 13.8 Å². The van der Waals surface area contributed by atoms with Gasteiger partial charge in [0, 0.05) is 5.57 Å². The molecule has 0 saturated carbocycles. The van der Waals surface area contributed by atoms with Gasteiger partial charge in [-0.25, -0.2) is 4.79 Å². The second-order valence-electron chi connectivity index (χ2n) is 2.88.